The van der Waals surface area contributed by atoms with Crippen molar-refractivity contribution in [2.75, 3.05) is 19.4 Å². The van der Waals surface area contributed by atoms with Crippen molar-refractivity contribution in [3.8, 4) is 0 Å². The molecule has 0 bridgehead atoms. The number of rotatable bonds is 16. The van der Waals surface area contributed by atoms with Crippen molar-refractivity contribution in [2.24, 2.45) is 40.4 Å². The van der Waals surface area contributed by atoms with Crippen molar-refractivity contribution in [1.82, 2.24) is 4.90 Å². The predicted molar refractivity (Wildman–Crippen MR) is 178 cm³/mol. The maximum atomic E-state index is 12.6. The highest BCUT2D eigenvalue weighted by molar-refractivity contribution is 7.99. The van der Waals surface area contributed by atoms with Crippen LogP contribution < -0.4 is 0 Å². The van der Waals surface area contributed by atoms with Gasteiger partial charge >= 0.3 is 5.97 Å². The van der Waals surface area contributed by atoms with E-state index in [4.69, 9.17) is 4.74 Å². The lowest BCUT2D eigenvalue weighted by Gasteiger charge is -2.62. The minimum Gasteiger partial charge on any atom is -0.465 e. The first kappa shape index (κ1) is 34.2. The number of carbonyl (C=O) groups is 2. The van der Waals surface area contributed by atoms with Gasteiger partial charge < -0.3 is 9.64 Å². The molecule has 4 aliphatic rings. The Labute approximate surface area is 263 Å². The summed E-state index contributed by atoms with van der Waals surface area (Å²) in [6, 6.07) is 0.438. The number of unbranched alkanes of at least 4 members (excludes halogenated alkanes) is 8. The Kier molecular flexibility index (Phi) is 12.6. The smallest absolute Gasteiger partial charge is 0.305 e. The molecule has 3 aliphatic carbocycles. The third kappa shape index (κ3) is 7.92. The Morgan fingerprint density at radius 1 is 0.857 bits per heavy atom. The number of hydrogen-bond donors (Lipinski definition) is 0. The van der Waals surface area contributed by atoms with Gasteiger partial charge in [0.15, 0.2) is 0 Å². The maximum Gasteiger partial charge on any atom is 0.305 e. The summed E-state index contributed by atoms with van der Waals surface area (Å²) in [6.45, 7) is 12.6. The van der Waals surface area contributed by atoms with Gasteiger partial charge in [-0.25, -0.2) is 0 Å². The fourth-order valence-corrected chi connectivity index (χ4v) is 11.3. The van der Waals surface area contributed by atoms with E-state index in [1.165, 1.54) is 89.2 Å². The van der Waals surface area contributed by atoms with Crippen molar-refractivity contribution in [1.29, 1.82) is 0 Å². The van der Waals surface area contributed by atoms with Crippen LogP contribution in [0.5, 0.6) is 0 Å². The molecule has 0 aromatic carbocycles. The summed E-state index contributed by atoms with van der Waals surface area (Å²) in [6.07, 6.45) is 21.7. The monoisotopic (exact) mass is 603 g/mol. The highest BCUT2D eigenvalue weighted by atomic mass is 32.2. The lowest BCUT2D eigenvalue weighted by atomic mass is 9.46. The fourth-order valence-electron chi connectivity index (χ4n) is 10.5. The van der Waals surface area contributed by atoms with E-state index >= 15 is 0 Å². The number of esters is 1. The standard InChI is InChI=1S/C37H65NO3S/c1-27(2)42-25-15-13-11-9-7-8-10-12-14-16-35(40)41-26-28(3)30-18-19-31-29-17-20-33-37(5,24-22-34(39)38(33)6)32(29)21-23-36(30,31)4/h27-33H,7-26H2,1-6H3/t28?,29-,30+,31-,32-,33+,36+,37+/m0/s1. The molecule has 5 heteroatoms. The first-order valence-electron chi connectivity index (χ1n) is 18.1. The van der Waals surface area contributed by atoms with Gasteiger partial charge in [-0.05, 0) is 109 Å². The van der Waals surface area contributed by atoms with E-state index in [1.807, 2.05) is 0 Å². The Bertz CT molecular complexity index is 877. The van der Waals surface area contributed by atoms with Crippen molar-refractivity contribution in [3.05, 3.63) is 0 Å². The molecule has 242 valence electrons. The maximum absolute atomic E-state index is 12.6. The van der Waals surface area contributed by atoms with Gasteiger partial charge in [0.05, 0.1) is 6.61 Å². The molecular weight excluding hydrogens is 538 g/mol. The number of ether oxygens (including phenoxy) is 1. The molecule has 1 heterocycles. The van der Waals surface area contributed by atoms with Gasteiger partial charge in [0, 0.05) is 25.9 Å². The van der Waals surface area contributed by atoms with E-state index in [0.29, 0.717) is 47.6 Å². The third-order valence-corrected chi connectivity index (χ3v) is 14.0. The highest BCUT2D eigenvalue weighted by Gasteiger charge is 2.61. The minimum atomic E-state index is 0.0201. The summed E-state index contributed by atoms with van der Waals surface area (Å²) < 4.78 is 5.88. The summed E-state index contributed by atoms with van der Waals surface area (Å²) in [7, 11) is 2.06. The molecule has 1 amide bonds. The van der Waals surface area contributed by atoms with E-state index in [9.17, 15) is 9.59 Å². The van der Waals surface area contributed by atoms with E-state index in [2.05, 4.69) is 58.3 Å². The van der Waals surface area contributed by atoms with Crippen LogP contribution in [0.4, 0.5) is 0 Å². The van der Waals surface area contributed by atoms with Crippen LogP contribution in [0.3, 0.4) is 0 Å². The summed E-state index contributed by atoms with van der Waals surface area (Å²) in [5, 5.41) is 0.767. The van der Waals surface area contributed by atoms with Crippen molar-refractivity contribution >= 4 is 23.6 Å². The molecule has 1 aliphatic heterocycles. The lowest BCUT2D eigenvalue weighted by Crippen LogP contribution is -2.61. The summed E-state index contributed by atoms with van der Waals surface area (Å²) >= 11 is 2.09. The van der Waals surface area contributed by atoms with Crippen LogP contribution in [0.25, 0.3) is 0 Å². The normalized spacial score (nSPS) is 35.1. The van der Waals surface area contributed by atoms with E-state index in [-0.39, 0.29) is 5.97 Å². The van der Waals surface area contributed by atoms with Gasteiger partial charge in [-0.1, -0.05) is 79.6 Å². The average Bonchev–Trinajstić information content (AvgIpc) is 3.31. The van der Waals surface area contributed by atoms with Gasteiger partial charge in [0.25, 0.3) is 0 Å². The number of amides is 1. The number of fused-ring (bicyclic) bond motifs is 5. The molecule has 42 heavy (non-hydrogen) atoms. The van der Waals surface area contributed by atoms with E-state index in [1.54, 1.807) is 0 Å². The topological polar surface area (TPSA) is 46.6 Å². The molecule has 0 aromatic heterocycles. The molecule has 4 fully saturated rings. The van der Waals surface area contributed by atoms with Crippen LogP contribution in [0.2, 0.25) is 0 Å². The molecule has 4 rings (SSSR count). The zero-order chi connectivity index (χ0) is 30.3. The first-order chi connectivity index (χ1) is 20.1. The zero-order valence-corrected chi connectivity index (χ0v) is 29.1. The number of likely N-dealkylation sites (tertiary alicyclic amines) is 1. The lowest BCUT2D eigenvalue weighted by molar-refractivity contribution is -0.159. The average molecular weight is 604 g/mol. The van der Waals surface area contributed by atoms with Gasteiger partial charge in [-0.2, -0.15) is 11.8 Å². The van der Waals surface area contributed by atoms with Crippen LogP contribution >= 0.6 is 11.8 Å². The number of thioether (sulfide) groups is 1. The second-order valence-corrected chi connectivity index (χ2v) is 17.4. The van der Waals surface area contributed by atoms with Crippen LogP contribution in [-0.2, 0) is 14.3 Å². The molecule has 3 saturated carbocycles. The summed E-state index contributed by atoms with van der Waals surface area (Å²) in [5.74, 6) is 5.15. The minimum absolute atomic E-state index is 0.0201. The molecule has 0 radical (unpaired) electrons. The Morgan fingerprint density at radius 3 is 2.19 bits per heavy atom. The third-order valence-electron chi connectivity index (χ3n) is 12.8. The molecule has 1 saturated heterocycles. The first-order valence-corrected chi connectivity index (χ1v) is 19.2. The molecule has 4 nitrogen and oxygen atoms in total. The van der Waals surface area contributed by atoms with Gasteiger partial charge in [-0.15, -0.1) is 0 Å². The Hall–Kier alpha value is -0.710. The Balaban J connectivity index is 1.12. The van der Waals surface area contributed by atoms with Crippen LogP contribution in [0.15, 0.2) is 0 Å². The van der Waals surface area contributed by atoms with Crippen LogP contribution in [-0.4, -0.2) is 47.5 Å². The number of hydrogen-bond acceptors (Lipinski definition) is 4. The van der Waals surface area contributed by atoms with Gasteiger partial charge in [0.1, 0.15) is 0 Å². The van der Waals surface area contributed by atoms with Crippen molar-refractivity contribution < 1.29 is 14.3 Å². The van der Waals surface area contributed by atoms with E-state index < -0.39 is 0 Å². The number of carbonyl (C=O) groups excluding carboxylic acids is 2. The molecular formula is C37H65NO3S. The fraction of sp³-hybridized carbons (Fsp3) is 0.946. The van der Waals surface area contributed by atoms with Crippen LogP contribution in [0.1, 0.15) is 150 Å². The van der Waals surface area contributed by atoms with E-state index in [0.717, 1.165) is 48.7 Å². The summed E-state index contributed by atoms with van der Waals surface area (Å²) in [5.41, 5.74) is 0.665. The van der Waals surface area contributed by atoms with Crippen molar-refractivity contribution in [2.45, 2.75) is 161 Å². The number of nitrogens with zero attached hydrogens (tertiary/aromatic N) is 1. The number of piperidine rings is 1. The zero-order valence-electron chi connectivity index (χ0n) is 28.3. The second-order valence-electron chi connectivity index (χ2n) is 15.7. The van der Waals surface area contributed by atoms with Gasteiger partial charge in [-0.3, -0.25) is 9.59 Å². The molecule has 1 unspecified atom stereocenters. The second kappa shape index (κ2) is 15.5. The largest absolute Gasteiger partial charge is 0.465 e. The van der Waals surface area contributed by atoms with Crippen molar-refractivity contribution in [3.63, 3.8) is 0 Å². The quantitative estimate of drug-likeness (QED) is 0.130. The van der Waals surface area contributed by atoms with Gasteiger partial charge in [0.2, 0.25) is 5.91 Å². The predicted octanol–water partition coefficient (Wildman–Crippen LogP) is 9.69. The molecule has 8 atom stereocenters. The Morgan fingerprint density at radius 2 is 1.50 bits per heavy atom. The summed E-state index contributed by atoms with van der Waals surface area (Å²) in [4.78, 5) is 27.2. The molecule has 0 aromatic rings. The highest BCUT2D eigenvalue weighted by Crippen LogP contribution is 2.67. The molecule has 0 N–H and O–H groups in total. The molecule has 0 spiro atoms. The SMILES string of the molecule is CC(C)SCCCCCCCCCCCC(=O)OCC(C)[C@H]1CC[C@H]2[C@@H]3CC[C@H]4N(C)C(=O)CC[C@]4(C)[C@H]3CC[C@]12C. The van der Waals surface area contributed by atoms with Crippen LogP contribution in [0, 0.1) is 40.4 Å².